The highest BCUT2D eigenvalue weighted by atomic mass is 32.2. The van der Waals surface area contributed by atoms with Crippen LogP contribution >= 0.6 is 11.8 Å². The number of rotatable bonds is 7. The van der Waals surface area contributed by atoms with E-state index in [9.17, 15) is 0 Å². The Hall–Kier alpha value is -1.86. The van der Waals surface area contributed by atoms with Crippen molar-refractivity contribution < 1.29 is 14.2 Å². The average molecular weight is 441 g/mol. The molecule has 0 N–H and O–H groups in total. The van der Waals surface area contributed by atoms with Crippen molar-refractivity contribution in [3.63, 3.8) is 0 Å². The molecule has 0 bridgehead atoms. The van der Waals surface area contributed by atoms with E-state index in [2.05, 4.69) is 38.1 Å². The van der Waals surface area contributed by atoms with Gasteiger partial charge in [0.2, 0.25) is 0 Å². The molecule has 31 heavy (non-hydrogen) atoms. The number of benzene rings is 2. The summed E-state index contributed by atoms with van der Waals surface area (Å²) in [6.07, 6.45) is -0.439. The van der Waals surface area contributed by atoms with Crippen LogP contribution in [0, 0.1) is 5.92 Å². The largest absolute Gasteiger partial charge is 0.368 e. The van der Waals surface area contributed by atoms with Gasteiger partial charge in [-0.2, -0.15) is 0 Å². The van der Waals surface area contributed by atoms with Crippen LogP contribution in [-0.2, 0) is 27.4 Å². The molecule has 2 aliphatic heterocycles. The third-order valence-corrected chi connectivity index (χ3v) is 6.95. The number of fused-ring (bicyclic) bond motifs is 1. The maximum absolute atomic E-state index is 6.55. The summed E-state index contributed by atoms with van der Waals surface area (Å²) in [6, 6.07) is 20.5. The Morgan fingerprint density at radius 2 is 1.45 bits per heavy atom. The summed E-state index contributed by atoms with van der Waals surface area (Å²) in [5.74, 6) is 0.300. The highest BCUT2D eigenvalue weighted by Crippen LogP contribution is 2.41. The third kappa shape index (κ3) is 5.32. The van der Waals surface area contributed by atoms with Gasteiger partial charge in [0.05, 0.1) is 19.3 Å². The van der Waals surface area contributed by atoms with Gasteiger partial charge in [-0.3, -0.25) is 4.99 Å². The monoisotopic (exact) mass is 440 g/mol. The van der Waals surface area contributed by atoms with E-state index in [-0.39, 0.29) is 29.8 Å². The first-order valence-corrected chi connectivity index (χ1v) is 11.8. The van der Waals surface area contributed by atoms with Gasteiger partial charge in [0, 0.05) is 14.1 Å². The summed E-state index contributed by atoms with van der Waals surface area (Å²) >= 11 is 1.68. The second kappa shape index (κ2) is 10.2. The zero-order valence-electron chi connectivity index (χ0n) is 18.7. The van der Waals surface area contributed by atoms with E-state index in [1.165, 1.54) is 0 Å². The lowest BCUT2D eigenvalue weighted by Gasteiger charge is -2.44. The molecule has 5 nitrogen and oxygen atoms in total. The van der Waals surface area contributed by atoms with E-state index in [4.69, 9.17) is 19.2 Å². The van der Waals surface area contributed by atoms with Crippen molar-refractivity contribution >= 4 is 16.9 Å². The van der Waals surface area contributed by atoms with Crippen LogP contribution in [0.3, 0.4) is 0 Å². The second-order valence-electron chi connectivity index (χ2n) is 8.65. The summed E-state index contributed by atoms with van der Waals surface area (Å²) in [5.41, 5.74) is 2.24. The minimum Gasteiger partial charge on any atom is -0.368 e. The zero-order chi connectivity index (χ0) is 21.8. The lowest BCUT2D eigenvalue weighted by atomic mass is 9.91. The summed E-state index contributed by atoms with van der Waals surface area (Å²) in [6.45, 7) is 5.43. The van der Waals surface area contributed by atoms with Gasteiger partial charge in [0.25, 0.3) is 0 Å². The number of amidine groups is 1. The standard InChI is InChI=1S/C25H32N2O3S/c1-17(2)21-23(29-16-19-13-9-6-10-14-19)22(28-15-18-11-7-5-8-12-18)20-24(30-21)31-25(26-20)27(3)4/h5-14,17,20-24H,15-16H2,1-4H3/t20-,21?,22-,23-,24-/m1/s1. The van der Waals surface area contributed by atoms with Gasteiger partial charge < -0.3 is 19.1 Å². The predicted molar refractivity (Wildman–Crippen MR) is 126 cm³/mol. The molecule has 0 aliphatic carbocycles. The van der Waals surface area contributed by atoms with Crippen molar-refractivity contribution in [3.05, 3.63) is 71.8 Å². The molecule has 2 heterocycles. The maximum Gasteiger partial charge on any atom is 0.161 e. The zero-order valence-corrected chi connectivity index (χ0v) is 19.5. The van der Waals surface area contributed by atoms with Crippen LogP contribution in [0.2, 0.25) is 0 Å². The van der Waals surface area contributed by atoms with Crippen LogP contribution in [-0.4, -0.2) is 54.0 Å². The van der Waals surface area contributed by atoms with E-state index >= 15 is 0 Å². The fourth-order valence-electron chi connectivity index (χ4n) is 4.02. The molecule has 1 unspecified atom stereocenters. The number of hydrogen-bond donors (Lipinski definition) is 0. The molecule has 0 saturated carbocycles. The number of hydrogen-bond acceptors (Lipinski definition) is 6. The quantitative estimate of drug-likeness (QED) is 0.631. The Balaban J connectivity index is 1.59. The number of aliphatic imine (C=N–C) groups is 1. The first kappa shape index (κ1) is 22.3. The highest BCUT2D eigenvalue weighted by molar-refractivity contribution is 8.14. The van der Waals surface area contributed by atoms with Gasteiger partial charge in [0.1, 0.15) is 23.7 Å². The topological polar surface area (TPSA) is 43.3 Å². The SMILES string of the molecule is CC(C)C1O[C@@H]2SC(N(C)C)=N[C@@H]2[C@@H](OCc2ccccc2)[C@@H]1OCc1ccccc1. The van der Waals surface area contributed by atoms with Crippen molar-refractivity contribution in [2.45, 2.75) is 56.9 Å². The lowest BCUT2D eigenvalue weighted by molar-refractivity contribution is -0.207. The Morgan fingerprint density at radius 3 is 1.97 bits per heavy atom. The molecule has 5 atom stereocenters. The fourth-order valence-corrected chi connectivity index (χ4v) is 5.16. The first-order chi connectivity index (χ1) is 15.0. The van der Waals surface area contributed by atoms with Gasteiger partial charge in [-0.15, -0.1) is 0 Å². The molecular formula is C25H32N2O3S. The molecule has 2 aliphatic rings. The molecule has 1 fully saturated rings. The lowest BCUT2D eigenvalue weighted by Crippen LogP contribution is -2.58. The first-order valence-electron chi connectivity index (χ1n) is 10.9. The van der Waals surface area contributed by atoms with Crippen LogP contribution in [0.1, 0.15) is 25.0 Å². The molecule has 2 aromatic rings. The van der Waals surface area contributed by atoms with Gasteiger partial charge in [-0.1, -0.05) is 86.3 Å². The van der Waals surface area contributed by atoms with Gasteiger partial charge >= 0.3 is 0 Å². The average Bonchev–Trinajstić information content (AvgIpc) is 3.22. The molecule has 166 valence electrons. The molecule has 6 heteroatoms. The van der Waals surface area contributed by atoms with Crippen LogP contribution in [0.15, 0.2) is 65.7 Å². The molecule has 0 spiro atoms. The van der Waals surface area contributed by atoms with E-state index in [1.807, 2.05) is 55.4 Å². The molecular weight excluding hydrogens is 408 g/mol. The van der Waals surface area contributed by atoms with E-state index in [1.54, 1.807) is 11.8 Å². The Labute approximate surface area is 189 Å². The number of ether oxygens (including phenoxy) is 3. The van der Waals surface area contributed by atoms with Gasteiger partial charge in [-0.05, 0) is 17.0 Å². The normalized spacial score (nSPS) is 27.8. The van der Waals surface area contributed by atoms with Crippen LogP contribution in [0.5, 0.6) is 0 Å². The summed E-state index contributed by atoms with van der Waals surface area (Å²) in [5, 5.41) is 0.981. The van der Waals surface area contributed by atoms with E-state index in [0.717, 1.165) is 16.3 Å². The number of nitrogens with zero attached hydrogens (tertiary/aromatic N) is 2. The van der Waals surface area contributed by atoms with Crippen molar-refractivity contribution in [2.75, 3.05) is 14.1 Å². The molecule has 2 aromatic carbocycles. The third-order valence-electron chi connectivity index (χ3n) is 5.65. The van der Waals surface area contributed by atoms with Crippen LogP contribution < -0.4 is 0 Å². The highest BCUT2D eigenvalue weighted by Gasteiger charge is 2.51. The fraction of sp³-hybridized carbons (Fsp3) is 0.480. The smallest absolute Gasteiger partial charge is 0.161 e. The molecule has 0 radical (unpaired) electrons. The molecule has 0 aromatic heterocycles. The Kier molecular flexibility index (Phi) is 7.33. The Bertz CT molecular complexity index is 860. The van der Waals surface area contributed by atoms with Crippen molar-refractivity contribution in [1.82, 2.24) is 4.90 Å². The number of thioether (sulfide) groups is 1. The second-order valence-corrected chi connectivity index (χ2v) is 9.72. The summed E-state index contributed by atoms with van der Waals surface area (Å²) < 4.78 is 19.6. The molecule has 0 amide bonds. The van der Waals surface area contributed by atoms with Crippen molar-refractivity contribution in [3.8, 4) is 0 Å². The van der Waals surface area contributed by atoms with Crippen molar-refractivity contribution in [1.29, 1.82) is 0 Å². The predicted octanol–water partition coefficient (Wildman–Crippen LogP) is 4.57. The van der Waals surface area contributed by atoms with Crippen molar-refractivity contribution in [2.24, 2.45) is 10.9 Å². The maximum atomic E-state index is 6.55. The Morgan fingerprint density at radius 1 is 0.903 bits per heavy atom. The van der Waals surface area contributed by atoms with Crippen LogP contribution in [0.25, 0.3) is 0 Å². The summed E-state index contributed by atoms with van der Waals surface area (Å²) in [7, 11) is 4.04. The van der Waals surface area contributed by atoms with Gasteiger partial charge in [0.15, 0.2) is 5.17 Å². The van der Waals surface area contributed by atoms with Crippen LogP contribution in [0.4, 0.5) is 0 Å². The minimum absolute atomic E-state index is 0.0536. The van der Waals surface area contributed by atoms with E-state index in [0.29, 0.717) is 19.1 Å². The minimum atomic E-state index is -0.198. The van der Waals surface area contributed by atoms with Gasteiger partial charge in [-0.25, -0.2) is 0 Å². The summed E-state index contributed by atoms with van der Waals surface area (Å²) in [4.78, 5) is 7.02. The molecule has 4 rings (SSSR count). The van der Waals surface area contributed by atoms with E-state index < -0.39 is 0 Å². The molecule has 1 saturated heterocycles.